The van der Waals surface area contributed by atoms with E-state index in [2.05, 4.69) is 10.1 Å². The van der Waals surface area contributed by atoms with Gasteiger partial charge in [0.15, 0.2) is 0 Å². The summed E-state index contributed by atoms with van der Waals surface area (Å²) in [6.07, 6.45) is 1.45. The van der Waals surface area contributed by atoms with E-state index in [0.29, 0.717) is 31.9 Å². The number of thiophene rings is 1. The minimum atomic E-state index is -0.477. The first-order valence-corrected chi connectivity index (χ1v) is 12.2. The fourth-order valence-electron chi connectivity index (χ4n) is 3.35. The number of carbonyl (C=O) groups is 1. The molecule has 8 nitrogen and oxygen atoms in total. The number of carbonyl (C=O) groups excluding carboxylic acids is 1. The van der Waals surface area contributed by atoms with Gasteiger partial charge < -0.3 is 4.74 Å². The Bertz CT molecular complexity index is 1610. The highest BCUT2D eigenvalue weighted by molar-refractivity contribution is 7.23. The summed E-state index contributed by atoms with van der Waals surface area (Å²) in [5.41, 5.74) is 1.24. The van der Waals surface area contributed by atoms with Crippen molar-refractivity contribution in [1.82, 2.24) is 4.98 Å². The van der Waals surface area contributed by atoms with Crippen LogP contribution in [0.2, 0.25) is 5.02 Å². The van der Waals surface area contributed by atoms with Crippen molar-refractivity contribution >= 4 is 77.5 Å². The zero-order valence-corrected chi connectivity index (χ0v) is 20.4. The SMILES string of the molecule is COc1ccc2nc(N(/N=C/c3ccc([N+](=O)[O-])cc3)C(=O)c3sc4ccccc4c3Cl)sc2c1. The van der Waals surface area contributed by atoms with Gasteiger partial charge in [-0.1, -0.05) is 41.1 Å². The van der Waals surface area contributed by atoms with Crippen molar-refractivity contribution in [3.8, 4) is 5.75 Å². The molecule has 0 aliphatic carbocycles. The van der Waals surface area contributed by atoms with Gasteiger partial charge in [-0.15, -0.1) is 11.3 Å². The maximum Gasteiger partial charge on any atom is 0.292 e. The van der Waals surface area contributed by atoms with E-state index in [1.165, 1.54) is 46.0 Å². The molecule has 5 rings (SSSR count). The molecule has 0 atom stereocenters. The summed E-state index contributed by atoms with van der Waals surface area (Å²) in [5.74, 6) is 0.243. The summed E-state index contributed by atoms with van der Waals surface area (Å²) < 4.78 is 7.00. The quantitative estimate of drug-likeness (QED) is 0.139. The van der Waals surface area contributed by atoms with Gasteiger partial charge in [0.25, 0.3) is 11.6 Å². The zero-order chi connectivity index (χ0) is 24.5. The van der Waals surface area contributed by atoms with Crippen molar-refractivity contribution in [2.24, 2.45) is 5.10 Å². The summed E-state index contributed by atoms with van der Waals surface area (Å²) in [7, 11) is 1.58. The first kappa shape index (κ1) is 22.9. The van der Waals surface area contributed by atoms with E-state index >= 15 is 0 Å². The van der Waals surface area contributed by atoms with Gasteiger partial charge in [-0.2, -0.15) is 10.1 Å². The molecule has 35 heavy (non-hydrogen) atoms. The average molecular weight is 523 g/mol. The molecule has 0 spiro atoms. The number of nitrogens with zero attached hydrogens (tertiary/aromatic N) is 4. The van der Waals surface area contributed by atoms with Crippen molar-refractivity contribution in [3.63, 3.8) is 0 Å². The van der Waals surface area contributed by atoms with Gasteiger partial charge in [0.05, 0.1) is 33.5 Å². The number of aromatic nitrogens is 1. The molecule has 0 bridgehead atoms. The molecule has 2 heterocycles. The molecule has 1 amide bonds. The predicted molar refractivity (Wildman–Crippen MR) is 141 cm³/mol. The van der Waals surface area contributed by atoms with Crippen LogP contribution in [0.5, 0.6) is 5.75 Å². The van der Waals surface area contributed by atoms with Crippen molar-refractivity contribution < 1.29 is 14.5 Å². The Hall–Kier alpha value is -3.86. The third-order valence-corrected chi connectivity index (χ3v) is 7.77. The molecular formula is C24H15ClN4O4S2. The molecule has 0 aliphatic rings. The van der Waals surface area contributed by atoms with Crippen LogP contribution in [-0.2, 0) is 0 Å². The molecule has 0 fully saturated rings. The molecule has 2 aromatic heterocycles. The number of thiazole rings is 1. The van der Waals surface area contributed by atoms with Crippen LogP contribution in [-0.4, -0.2) is 29.1 Å². The Balaban J connectivity index is 1.58. The second-order valence-corrected chi connectivity index (χ2v) is 9.72. The maximum absolute atomic E-state index is 13.7. The number of nitro benzene ring substituents is 1. The van der Waals surface area contributed by atoms with Crippen LogP contribution in [0.15, 0.2) is 71.8 Å². The minimum Gasteiger partial charge on any atom is -0.497 e. The Morgan fingerprint density at radius 2 is 1.89 bits per heavy atom. The van der Waals surface area contributed by atoms with E-state index in [9.17, 15) is 14.9 Å². The summed E-state index contributed by atoms with van der Waals surface area (Å²) >= 11 is 9.14. The molecule has 11 heteroatoms. The molecule has 0 N–H and O–H groups in total. The van der Waals surface area contributed by atoms with Gasteiger partial charge in [0.2, 0.25) is 5.13 Å². The van der Waals surface area contributed by atoms with E-state index in [1.807, 2.05) is 36.4 Å². The zero-order valence-electron chi connectivity index (χ0n) is 18.0. The van der Waals surface area contributed by atoms with Crippen LogP contribution in [0.1, 0.15) is 15.2 Å². The lowest BCUT2D eigenvalue weighted by Gasteiger charge is -2.13. The third kappa shape index (κ3) is 4.46. The molecule has 174 valence electrons. The number of halogens is 1. The van der Waals surface area contributed by atoms with Crippen molar-refractivity contribution in [2.75, 3.05) is 12.1 Å². The minimum absolute atomic E-state index is 0.0349. The van der Waals surface area contributed by atoms with Gasteiger partial charge in [-0.3, -0.25) is 14.9 Å². The highest BCUT2D eigenvalue weighted by Gasteiger charge is 2.26. The Morgan fingerprint density at radius 3 is 2.60 bits per heavy atom. The standard InChI is InChI=1S/C24H15ClN4O4S2/c1-33-16-10-11-18-20(12-16)35-24(27-18)28(26-13-14-6-8-15(9-7-14)29(31)32)23(30)22-21(25)17-4-2-3-5-19(17)34-22/h2-13H,1H3/b26-13+. The number of benzene rings is 3. The fraction of sp³-hybridized carbons (Fsp3) is 0.0417. The monoisotopic (exact) mass is 522 g/mol. The lowest BCUT2D eigenvalue weighted by Crippen LogP contribution is -2.25. The number of ether oxygens (including phenoxy) is 1. The van der Waals surface area contributed by atoms with Gasteiger partial charge >= 0.3 is 0 Å². The highest BCUT2D eigenvalue weighted by Crippen LogP contribution is 2.38. The van der Waals surface area contributed by atoms with E-state index in [4.69, 9.17) is 16.3 Å². The van der Waals surface area contributed by atoms with Crippen LogP contribution >= 0.6 is 34.3 Å². The lowest BCUT2D eigenvalue weighted by molar-refractivity contribution is -0.384. The highest BCUT2D eigenvalue weighted by atomic mass is 35.5. The van der Waals surface area contributed by atoms with Crippen molar-refractivity contribution in [1.29, 1.82) is 0 Å². The summed E-state index contributed by atoms with van der Waals surface area (Å²) in [4.78, 5) is 29.1. The molecule has 0 saturated heterocycles. The van der Waals surface area contributed by atoms with Gasteiger partial charge in [0, 0.05) is 22.2 Å². The lowest BCUT2D eigenvalue weighted by atomic mass is 10.2. The Morgan fingerprint density at radius 1 is 1.11 bits per heavy atom. The second-order valence-electron chi connectivity index (χ2n) is 7.28. The van der Waals surface area contributed by atoms with Gasteiger partial charge in [-0.05, 0) is 42.0 Å². The Labute approximate surface area is 211 Å². The van der Waals surface area contributed by atoms with Crippen LogP contribution < -0.4 is 9.75 Å². The normalized spacial score (nSPS) is 11.4. The van der Waals surface area contributed by atoms with Crippen LogP contribution in [0, 0.1) is 10.1 Å². The van der Waals surface area contributed by atoms with E-state index in [0.717, 1.165) is 14.8 Å². The number of hydrazone groups is 1. The topological polar surface area (TPSA) is 97.9 Å². The predicted octanol–water partition coefficient (Wildman–Crippen LogP) is 6.76. The first-order chi connectivity index (χ1) is 16.9. The first-order valence-electron chi connectivity index (χ1n) is 10.2. The molecule has 3 aromatic carbocycles. The summed E-state index contributed by atoms with van der Waals surface area (Å²) in [6, 6.07) is 18.8. The number of anilines is 1. The Kier molecular flexibility index (Phi) is 6.16. The molecule has 0 aliphatic heterocycles. The van der Waals surface area contributed by atoms with Gasteiger partial charge in [0.1, 0.15) is 10.6 Å². The van der Waals surface area contributed by atoms with Gasteiger partial charge in [-0.25, -0.2) is 4.98 Å². The number of rotatable bonds is 6. The van der Waals surface area contributed by atoms with Crippen LogP contribution in [0.4, 0.5) is 10.8 Å². The molecule has 0 radical (unpaired) electrons. The van der Waals surface area contributed by atoms with Crippen molar-refractivity contribution in [2.45, 2.75) is 0 Å². The largest absolute Gasteiger partial charge is 0.497 e. The van der Waals surface area contributed by atoms with Crippen LogP contribution in [0.3, 0.4) is 0 Å². The molecule has 0 unspecified atom stereocenters. The average Bonchev–Trinajstić information content (AvgIpc) is 3.45. The van der Waals surface area contributed by atoms with E-state index in [-0.39, 0.29) is 5.69 Å². The number of non-ortho nitro benzene ring substituents is 1. The molecule has 5 aromatic rings. The number of nitro groups is 1. The number of amides is 1. The molecule has 0 saturated carbocycles. The number of hydrogen-bond acceptors (Lipinski definition) is 8. The maximum atomic E-state index is 13.7. The van der Waals surface area contributed by atoms with E-state index < -0.39 is 10.8 Å². The smallest absolute Gasteiger partial charge is 0.292 e. The third-order valence-electron chi connectivity index (χ3n) is 5.11. The number of methoxy groups -OCH3 is 1. The fourth-order valence-corrected chi connectivity index (χ4v) is 5.74. The summed E-state index contributed by atoms with van der Waals surface area (Å²) in [6.45, 7) is 0. The summed E-state index contributed by atoms with van der Waals surface area (Å²) in [5, 5.41) is 18.1. The second kappa shape index (κ2) is 9.41. The number of hydrogen-bond donors (Lipinski definition) is 0. The molecular weight excluding hydrogens is 508 g/mol. The number of fused-ring (bicyclic) bond motifs is 2. The van der Waals surface area contributed by atoms with Crippen molar-refractivity contribution in [3.05, 3.63) is 92.3 Å². The van der Waals surface area contributed by atoms with Crippen LogP contribution in [0.25, 0.3) is 20.3 Å². The van der Waals surface area contributed by atoms with E-state index in [1.54, 1.807) is 25.3 Å².